The van der Waals surface area contributed by atoms with Gasteiger partial charge in [-0.3, -0.25) is 4.79 Å². The first-order valence-electron chi connectivity index (χ1n) is 7.14. The van der Waals surface area contributed by atoms with E-state index in [1.807, 2.05) is 30.3 Å². The Labute approximate surface area is 137 Å². The van der Waals surface area contributed by atoms with Crippen LogP contribution in [0.3, 0.4) is 0 Å². The molecule has 1 amide bonds. The van der Waals surface area contributed by atoms with Gasteiger partial charge in [0.2, 0.25) is 11.0 Å². The number of anilines is 1. The lowest BCUT2D eigenvalue weighted by Crippen LogP contribution is -2.12. The Kier molecular flexibility index (Phi) is 4.73. The van der Waals surface area contributed by atoms with Crippen molar-refractivity contribution in [3.05, 3.63) is 66.0 Å². The van der Waals surface area contributed by atoms with Crippen LogP contribution in [-0.2, 0) is 11.2 Å². The van der Waals surface area contributed by atoms with E-state index < -0.39 is 0 Å². The number of halogens is 1. The summed E-state index contributed by atoms with van der Waals surface area (Å²) in [5, 5.41) is 11.8. The van der Waals surface area contributed by atoms with Crippen molar-refractivity contribution in [1.29, 1.82) is 0 Å². The van der Waals surface area contributed by atoms with E-state index in [1.165, 1.54) is 23.5 Å². The molecule has 3 rings (SSSR count). The maximum atomic E-state index is 12.9. The second-order valence-electron chi connectivity index (χ2n) is 4.95. The average molecular weight is 327 g/mol. The molecule has 4 nitrogen and oxygen atoms in total. The van der Waals surface area contributed by atoms with Crippen molar-refractivity contribution < 1.29 is 9.18 Å². The summed E-state index contributed by atoms with van der Waals surface area (Å²) in [5.41, 5.74) is 1.89. The largest absolute Gasteiger partial charge is 0.301 e. The van der Waals surface area contributed by atoms with Crippen LogP contribution in [0.2, 0.25) is 0 Å². The average Bonchev–Trinajstić information content (AvgIpc) is 3.03. The van der Waals surface area contributed by atoms with Crippen LogP contribution in [0.5, 0.6) is 0 Å². The van der Waals surface area contributed by atoms with Crippen LogP contribution in [0.25, 0.3) is 10.6 Å². The highest BCUT2D eigenvalue weighted by Gasteiger charge is 2.10. The van der Waals surface area contributed by atoms with Crippen LogP contribution in [0, 0.1) is 5.82 Å². The maximum absolute atomic E-state index is 12.9. The van der Waals surface area contributed by atoms with Gasteiger partial charge in [-0.15, -0.1) is 10.2 Å². The van der Waals surface area contributed by atoms with Crippen molar-refractivity contribution in [3.63, 3.8) is 0 Å². The summed E-state index contributed by atoms with van der Waals surface area (Å²) in [6.45, 7) is 0. The van der Waals surface area contributed by atoms with E-state index in [9.17, 15) is 9.18 Å². The predicted molar refractivity (Wildman–Crippen MR) is 88.7 cm³/mol. The fourth-order valence-corrected chi connectivity index (χ4v) is 2.83. The molecule has 23 heavy (non-hydrogen) atoms. The number of carbonyl (C=O) groups excluding carboxylic acids is 1. The van der Waals surface area contributed by atoms with Gasteiger partial charge in [0, 0.05) is 12.0 Å². The molecule has 0 aliphatic carbocycles. The number of rotatable bonds is 5. The third-order valence-electron chi connectivity index (χ3n) is 3.25. The fraction of sp³-hybridized carbons (Fsp3) is 0.118. The Bertz CT molecular complexity index is 787. The quantitative estimate of drug-likeness (QED) is 0.773. The summed E-state index contributed by atoms with van der Waals surface area (Å²) in [7, 11) is 0. The van der Waals surface area contributed by atoms with Gasteiger partial charge in [0.05, 0.1) is 0 Å². The zero-order valence-corrected chi connectivity index (χ0v) is 13.0. The number of hydrogen-bond donors (Lipinski definition) is 1. The lowest BCUT2D eigenvalue weighted by Gasteiger charge is -2.01. The molecule has 1 N–H and O–H groups in total. The van der Waals surface area contributed by atoms with Gasteiger partial charge < -0.3 is 5.32 Å². The molecule has 0 saturated heterocycles. The van der Waals surface area contributed by atoms with Gasteiger partial charge in [-0.2, -0.15) is 0 Å². The molecule has 1 heterocycles. The number of aryl methyl sites for hydroxylation is 1. The molecule has 0 aliphatic rings. The van der Waals surface area contributed by atoms with Crippen LogP contribution in [0.4, 0.5) is 9.52 Å². The molecule has 1 aromatic heterocycles. The van der Waals surface area contributed by atoms with Crippen LogP contribution in [0.15, 0.2) is 54.6 Å². The number of carbonyl (C=O) groups is 1. The number of nitrogens with zero attached hydrogens (tertiary/aromatic N) is 2. The first-order valence-corrected chi connectivity index (χ1v) is 7.95. The van der Waals surface area contributed by atoms with Crippen LogP contribution >= 0.6 is 11.3 Å². The Hall–Kier alpha value is -2.60. The smallest absolute Gasteiger partial charge is 0.226 e. The Balaban J connectivity index is 1.58. The molecule has 0 atom stereocenters. The van der Waals surface area contributed by atoms with E-state index in [1.54, 1.807) is 12.1 Å². The highest BCUT2D eigenvalue weighted by molar-refractivity contribution is 7.18. The van der Waals surface area contributed by atoms with Crippen molar-refractivity contribution in [2.24, 2.45) is 0 Å². The van der Waals surface area contributed by atoms with Crippen LogP contribution in [0.1, 0.15) is 12.0 Å². The first-order chi connectivity index (χ1) is 11.2. The minimum atomic E-state index is -0.298. The minimum Gasteiger partial charge on any atom is -0.301 e. The zero-order chi connectivity index (χ0) is 16.1. The van der Waals surface area contributed by atoms with Gasteiger partial charge in [0.1, 0.15) is 10.8 Å². The highest BCUT2D eigenvalue weighted by Crippen LogP contribution is 2.26. The zero-order valence-electron chi connectivity index (χ0n) is 12.2. The van der Waals surface area contributed by atoms with Crippen LogP contribution < -0.4 is 5.32 Å². The second-order valence-corrected chi connectivity index (χ2v) is 5.93. The van der Waals surface area contributed by atoms with Gasteiger partial charge in [-0.05, 0) is 36.2 Å². The molecule has 0 spiro atoms. The maximum Gasteiger partial charge on any atom is 0.226 e. The fourth-order valence-electron chi connectivity index (χ4n) is 2.07. The van der Waals surface area contributed by atoms with Crippen molar-refractivity contribution in [1.82, 2.24) is 10.2 Å². The third-order valence-corrected chi connectivity index (χ3v) is 4.13. The number of amides is 1. The van der Waals surface area contributed by atoms with Gasteiger partial charge in [0.25, 0.3) is 0 Å². The van der Waals surface area contributed by atoms with Crippen molar-refractivity contribution in [3.8, 4) is 10.6 Å². The highest BCUT2D eigenvalue weighted by atomic mass is 32.1. The molecule has 6 heteroatoms. The summed E-state index contributed by atoms with van der Waals surface area (Å²) >= 11 is 1.27. The van der Waals surface area contributed by atoms with Crippen molar-refractivity contribution >= 4 is 22.4 Å². The standard InChI is InChI=1S/C17H14FN3OS/c18-14-9-7-13(8-10-14)16-20-21-17(23-16)19-15(22)11-6-12-4-2-1-3-5-12/h1-5,7-10H,6,11H2,(H,19,21,22). The van der Waals surface area contributed by atoms with Crippen molar-refractivity contribution in [2.75, 3.05) is 5.32 Å². The van der Waals surface area contributed by atoms with E-state index in [4.69, 9.17) is 0 Å². The van der Waals surface area contributed by atoms with E-state index in [-0.39, 0.29) is 11.7 Å². The van der Waals surface area contributed by atoms with E-state index in [2.05, 4.69) is 15.5 Å². The minimum absolute atomic E-state index is 0.101. The second kappa shape index (κ2) is 7.11. The van der Waals surface area contributed by atoms with Gasteiger partial charge >= 0.3 is 0 Å². The summed E-state index contributed by atoms with van der Waals surface area (Å²) in [6, 6.07) is 15.8. The topological polar surface area (TPSA) is 54.9 Å². The Morgan fingerprint density at radius 1 is 1.04 bits per heavy atom. The Morgan fingerprint density at radius 2 is 1.78 bits per heavy atom. The number of hydrogen-bond acceptors (Lipinski definition) is 4. The molecule has 3 aromatic rings. The van der Waals surface area contributed by atoms with Gasteiger partial charge in [-0.25, -0.2) is 4.39 Å². The lowest BCUT2D eigenvalue weighted by molar-refractivity contribution is -0.116. The molecule has 0 saturated carbocycles. The molecule has 0 radical (unpaired) electrons. The first kappa shape index (κ1) is 15.3. The number of benzene rings is 2. The Morgan fingerprint density at radius 3 is 2.52 bits per heavy atom. The predicted octanol–water partition coefficient (Wildman–Crippen LogP) is 3.92. The van der Waals surface area contributed by atoms with E-state index >= 15 is 0 Å². The molecule has 0 aliphatic heterocycles. The molecular weight excluding hydrogens is 313 g/mol. The molecule has 2 aromatic carbocycles. The molecular formula is C17H14FN3OS. The number of nitrogens with one attached hydrogen (secondary N) is 1. The van der Waals surface area contributed by atoms with Crippen molar-refractivity contribution in [2.45, 2.75) is 12.8 Å². The summed E-state index contributed by atoms with van der Waals surface area (Å²) in [5.74, 6) is -0.400. The molecule has 0 bridgehead atoms. The summed E-state index contributed by atoms with van der Waals surface area (Å²) < 4.78 is 12.9. The number of aromatic nitrogens is 2. The normalized spacial score (nSPS) is 10.5. The monoisotopic (exact) mass is 327 g/mol. The van der Waals surface area contributed by atoms with Gasteiger partial charge in [0.15, 0.2) is 0 Å². The molecule has 116 valence electrons. The lowest BCUT2D eigenvalue weighted by atomic mass is 10.1. The third kappa shape index (κ3) is 4.20. The van der Waals surface area contributed by atoms with Gasteiger partial charge in [-0.1, -0.05) is 41.7 Å². The summed E-state index contributed by atoms with van der Waals surface area (Å²) in [6.07, 6.45) is 1.06. The SMILES string of the molecule is O=C(CCc1ccccc1)Nc1nnc(-c2ccc(F)cc2)s1. The summed E-state index contributed by atoms with van der Waals surface area (Å²) in [4.78, 5) is 12.0. The van der Waals surface area contributed by atoms with E-state index in [0.29, 0.717) is 23.0 Å². The van der Waals surface area contributed by atoms with E-state index in [0.717, 1.165) is 11.1 Å². The van der Waals surface area contributed by atoms with Crippen LogP contribution in [-0.4, -0.2) is 16.1 Å². The molecule has 0 unspecified atom stereocenters. The molecule has 0 fully saturated rings.